The third-order valence-electron chi connectivity index (χ3n) is 4.92. The normalized spacial score (nSPS) is 22.4. The van der Waals surface area contributed by atoms with Crippen LogP contribution >= 0.6 is 0 Å². The fraction of sp³-hybridized carbons (Fsp3) is 0.684. The van der Waals surface area contributed by atoms with Crippen LogP contribution in [0.15, 0.2) is 24.3 Å². The Morgan fingerprint density at radius 3 is 2.74 bits per heavy atom. The number of hydrogen-bond donors (Lipinski definition) is 2. The van der Waals surface area contributed by atoms with Crippen LogP contribution in [-0.4, -0.2) is 44.2 Å². The van der Waals surface area contributed by atoms with Gasteiger partial charge in [0.05, 0.1) is 0 Å². The van der Waals surface area contributed by atoms with Crippen molar-refractivity contribution < 1.29 is 4.39 Å². The lowest BCUT2D eigenvalue weighted by Gasteiger charge is -2.39. The molecule has 0 unspecified atom stereocenters. The monoisotopic (exact) mass is 321 g/mol. The van der Waals surface area contributed by atoms with E-state index in [4.69, 9.17) is 5.73 Å². The fourth-order valence-electron chi connectivity index (χ4n) is 3.64. The second-order valence-electron chi connectivity index (χ2n) is 6.71. The van der Waals surface area contributed by atoms with Gasteiger partial charge in [0.2, 0.25) is 0 Å². The second-order valence-corrected chi connectivity index (χ2v) is 6.71. The minimum Gasteiger partial charge on any atom is -0.329 e. The Labute approximate surface area is 140 Å². The first-order valence-corrected chi connectivity index (χ1v) is 9.13. The molecule has 1 aromatic carbocycles. The molecule has 0 aliphatic carbocycles. The van der Waals surface area contributed by atoms with Crippen LogP contribution in [0.3, 0.4) is 0 Å². The summed E-state index contributed by atoms with van der Waals surface area (Å²) in [6, 6.07) is 7.10. The molecular formula is C19H32FN3. The molecule has 2 rings (SSSR count). The summed E-state index contributed by atoms with van der Waals surface area (Å²) in [5, 5.41) is 3.48. The highest BCUT2D eigenvalue weighted by molar-refractivity contribution is 5.22. The Morgan fingerprint density at radius 2 is 2.04 bits per heavy atom. The molecule has 0 saturated carbocycles. The van der Waals surface area contributed by atoms with Gasteiger partial charge in [0.25, 0.3) is 0 Å². The van der Waals surface area contributed by atoms with Crippen LogP contribution in [-0.2, 0) is 0 Å². The van der Waals surface area contributed by atoms with E-state index in [1.54, 1.807) is 12.1 Å². The van der Waals surface area contributed by atoms with Gasteiger partial charge in [-0.3, -0.25) is 0 Å². The standard InChI is InChI=1S/C19H32FN3/c1-2-3-4-12-23-13-9-19(16-5-7-18(20)8-6-16)17(15-23)14-22-11-10-21/h5-8,17,19,22H,2-4,9-15,21H2,1H3/t17-,19+/m1/s1. The molecule has 1 heterocycles. The molecule has 1 saturated heterocycles. The number of nitrogens with zero attached hydrogens (tertiary/aromatic N) is 1. The van der Waals surface area contributed by atoms with Gasteiger partial charge in [0, 0.05) is 19.6 Å². The smallest absolute Gasteiger partial charge is 0.123 e. The Morgan fingerprint density at radius 1 is 1.26 bits per heavy atom. The third kappa shape index (κ3) is 5.87. The van der Waals surface area contributed by atoms with E-state index in [0.717, 1.165) is 32.6 Å². The molecule has 0 aromatic heterocycles. The Hall–Kier alpha value is -0.970. The van der Waals surface area contributed by atoms with E-state index in [2.05, 4.69) is 17.1 Å². The molecule has 0 radical (unpaired) electrons. The molecule has 0 spiro atoms. The summed E-state index contributed by atoms with van der Waals surface area (Å²) < 4.78 is 13.2. The van der Waals surface area contributed by atoms with Gasteiger partial charge < -0.3 is 16.0 Å². The molecule has 1 aliphatic heterocycles. The summed E-state index contributed by atoms with van der Waals surface area (Å²) in [5.41, 5.74) is 6.88. The quantitative estimate of drug-likeness (QED) is 0.687. The predicted molar refractivity (Wildman–Crippen MR) is 95.1 cm³/mol. The zero-order chi connectivity index (χ0) is 16.5. The number of unbranched alkanes of at least 4 members (excludes halogenated alkanes) is 2. The van der Waals surface area contributed by atoms with Crippen molar-refractivity contribution in [1.82, 2.24) is 10.2 Å². The number of halogens is 1. The number of piperidine rings is 1. The molecule has 1 aromatic rings. The van der Waals surface area contributed by atoms with E-state index in [0.29, 0.717) is 18.4 Å². The zero-order valence-corrected chi connectivity index (χ0v) is 14.4. The molecular weight excluding hydrogens is 289 g/mol. The van der Waals surface area contributed by atoms with Crippen LogP contribution in [0.1, 0.15) is 44.1 Å². The molecule has 3 N–H and O–H groups in total. The lowest BCUT2D eigenvalue weighted by atomic mass is 9.80. The highest BCUT2D eigenvalue weighted by Crippen LogP contribution is 2.33. The molecule has 0 bridgehead atoms. The van der Waals surface area contributed by atoms with E-state index >= 15 is 0 Å². The highest BCUT2D eigenvalue weighted by atomic mass is 19.1. The Bertz CT molecular complexity index is 435. The molecule has 23 heavy (non-hydrogen) atoms. The first-order valence-electron chi connectivity index (χ1n) is 9.13. The van der Waals surface area contributed by atoms with E-state index < -0.39 is 0 Å². The van der Waals surface area contributed by atoms with Gasteiger partial charge in [-0.15, -0.1) is 0 Å². The molecule has 1 fully saturated rings. The third-order valence-corrected chi connectivity index (χ3v) is 4.92. The van der Waals surface area contributed by atoms with Crippen molar-refractivity contribution in [3.05, 3.63) is 35.6 Å². The lowest BCUT2D eigenvalue weighted by molar-refractivity contribution is 0.149. The average Bonchev–Trinajstić information content (AvgIpc) is 2.57. The zero-order valence-electron chi connectivity index (χ0n) is 14.4. The van der Waals surface area contributed by atoms with Crippen LogP contribution < -0.4 is 11.1 Å². The van der Waals surface area contributed by atoms with Crippen LogP contribution in [0.5, 0.6) is 0 Å². The van der Waals surface area contributed by atoms with Gasteiger partial charge >= 0.3 is 0 Å². The summed E-state index contributed by atoms with van der Waals surface area (Å²) in [4.78, 5) is 2.60. The highest BCUT2D eigenvalue weighted by Gasteiger charge is 2.29. The van der Waals surface area contributed by atoms with E-state index in [1.807, 2.05) is 12.1 Å². The predicted octanol–water partition coefficient (Wildman–Crippen LogP) is 2.97. The fourth-order valence-corrected chi connectivity index (χ4v) is 3.64. The number of benzene rings is 1. The maximum atomic E-state index is 13.2. The summed E-state index contributed by atoms with van der Waals surface area (Å²) in [7, 11) is 0. The summed E-state index contributed by atoms with van der Waals surface area (Å²) in [6.07, 6.45) is 5.04. The van der Waals surface area contributed by atoms with Gasteiger partial charge in [-0.25, -0.2) is 4.39 Å². The summed E-state index contributed by atoms with van der Waals surface area (Å²) in [5.74, 6) is 0.939. The van der Waals surface area contributed by atoms with Gasteiger partial charge in [0.15, 0.2) is 0 Å². The second kappa shape index (κ2) is 10.0. The van der Waals surface area contributed by atoms with Crippen molar-refractivity contribution >= 4 is 0 Å². The number of nitrogens with one attached hydrogen (secondary N) is 1. The van der Waals surface area contributed by atoms with Gasteiger partial charge in [0.1, 0.15) is 5.82 Å². The molecule has 2 atom stereocenters. The van der Waals surface area contributed by atoms with Crippen molar-refractivity contribution in [2.45, 2.75) is 38.5 Å². The van der Waals surface area contributed by atoms with Crippen molar-refractivity contribution in [1.29, 1.82) is 0 Å². The van der Waals surface area contributed by atoms with Gasteiger partial charge in [-0.05, 0) is 62.0 Å². The topological polar surface area (TPSA) is 41.3 Å². The first-order chi connectivity index (χ1) is 11.2. The minimum absolute atomic E-state index is 0.149. The van der Waals surface area contributed by atoms with Gasteiger partial charge in [-0.1, -0.05) is 31.9 Å². The first kappa shape index (κ1) is 18.4. The molecule has 1 aliphatic rings. The summed E-state index contributed by atoms with van der Waals surface area (Å²) in [6.45, 7) is 8.26. The van der Waals surface area contributed by atoms with Crippen LogP contribution in [0.2, 0.25) is 0 Å². The lowest BCUT2D eigenvalue weighted by Crippen LogP contribution is -2.44. The van der Waals surface area contributed by atoms with E-state index in [1.165, 1.54) is 31.4 Å². The van der Waals surface area contributed by atoms with Crippen molar-refractivity contribution in [3.8, 4) is 0 Å². The van der Waals surface area contributed by atoms with E-state index in [9.17, 15) is 4.39 Å². The van der Waals surface area contributed by atoms with Crippen molar-refractivity contribution in [2.24, 2.45) is 11.7 Å². The minimum atomic E-state index is -0.149. The Balaban J connectivity index is 1.97. The summed E-state index contributed by atoms with van der Waals surface area (Å²) >= 11 is 0. The van der Waals surface area contributed by atoms with Crippen LogP contribution in [0, 0.1) is 11.7 Å². The van der Waals surface area contributed by atoms with Gasteiger partial charge in [-0.2, -0.15) is 0 Å². The number of likely N-dealkylation sites (tertiary alicyclic amines) is 1. The average molecular weight is 321 g/mol. The largest absolute Gasteiger partial charge is 0.329 e. The molecule has 3 nitrogen and oxygen atoms in total. The van der Waals surface area contributed by atoms with Crippen molar-refractivity contribution in [3.63, 3.8) is 0 Å². The maximum Gasteiger partial charge on any atom is 0.123 e. The van der Waals surface area contributed by atoms with Crippen molar-refractivity contribution in [2.75, 3.05) is 39.3 Å². The Kier molecular flexibility index (Phi) is 8.00. The SMILES string of the molecule is CCCCCN1CC[C@@H](c2ccc(F)cc2)[C@H](CNCCN)C1. The number of hydrogen-bond acceptors (Lipinski definition) is 3. The van der Waals surface area contributed by atoms with E-state index in [-0.39, 0.29) is 5.82 Å². The maximum absolute atomic E-state index is 13.2. The number of rotatable bonds is 9. The number of nitrogens with two attached hydrogens (primary N) is 1. The van der Waals surface area contributed by atoms with Crippen LogP contribution in [0.25, 0.3) is 0 Å². The molecule has 0 amide bonds. The molecule has 130 valence electrons. The molecule has 4 heteroatoms. The van der Waals surface area contributed by atoms with Crippen LogP contribution in [0.4, 0.5) is 4.39 Å².